The molecule has 0 bridgehead atoms. The van der Waals surface area contributed by atoms with Gasteiger partial charge in [-0.15, -0.1) is 0 Å². The average Bonchev–Trinajstić information content (AvgIpc) is 3.32. The zero-order chi connectivity index (χ0) is 18.8. The second-order valence-corrected chi connectivity index (χ2v) is 6.88. The maximum absolute atomic E-state index is 12.7. The van der Waals surface area contributed by atoms with Gasteiger partial charge >= 0.3 is 0 Å². The molecule has 1 fully saturated rings. The number of imidazole rings is 1. The summed E-state index contributed by atoms with van der Waals surface area (Å²) in [4.78, 5) is 34.9. The summed E-state index contributed by atoms with van der Waals surface area (Å²) in [5.74, 6) is 0.508. The van der Waals surface area contributed by atoms with Crippen LogP contribution in [-0.2, 0) is 4.79 Å². The second kappa shape index (κ2) is 7.23. The average molecular weight is 362 g/mol. The lowest BCUT2D eigenvalue weighted by Crippen LogP contribution is -2.40. The number of aromatic amines is 1. The predicted molar refractivity (Wildman–Crippen MR) is 103 cm³/mol. The number of hydrogen-bond acceptors (Lipinski definition) is 3. The van der Waals surface area contributed by atoms with E-state index < -0.39 is 0 Å². The van der Waals surface area contributed by atoms with E-state index in [4.69, 9.17) is 0 Å². The van der Waals surface area contributed by atoms with E-state index in [1.165, 1.54) is 0 Å². The number of nitrogens with one attached hydrogen (secondary N) is 2. The molecule has 27 heavy (non-hydrogen) atoms. The molecule has 1 aromatic heterocycles. The second-order valence-electron chi connectivity index (χ2n) is 6.88. The van der Waals surface area contributed by atoms with Crippen LogP contribution >= 0.6 is 0 Å². The first kappa shape index (κ1) is 17.3. The number of aryl methyl sites for hydroxylation is 1. The summed E-state index contributed by atoms with van der Waals surface area (Å²) in [5.41, 5.74) is 3.36. The van der Waals surface area contributed by atoms with Gasteiger partial charge in [-0.2, -0.15) is 0 Å². The lowest BCUT2D eigenvalue weighted by Gasteiger charge is -2.23. The summed E-state index contributed by atoms with van der Waals surface area (Å²) < 4.78 is 0. The monoisotopic (exact) mass is 362 g/mol. The number of likely N-dealkylation sites (tertiary alicyclic amines) is 1. The Morgan fingerprint density at radius 3 is 2.78 bits per heavy atom. The van der Waals surface area contributed by atoms with E-state index in [1.807, 2.05) is 54.3 Å². The van der Waals surface area contributed by atoms with Crippen molar-refractivity contribution in [1.29, 1.82) is 0 Å². The van der Waals surface area contributed by atoms with Crippen LogP contribution in [-0.4, -0.2) is 39.8 Å². The van der Waals surface area contributed by atoms with Gasteiger partial charge in [-0.05, 0) is 43.5 Å². The summed E-state index contributed by atoms with van der Waals surface area (Å²) in [5, 5.41) is 2.75. The Labute approximate surface area is 157 Å². The van der Waals surface area contributed by atoms with Crippen LogP contribution in [0.25, 0.3) is 11.0 Å². The first-order valence-corrected chi connectivity index (χ1v) is 9.21. The molecule has 1 aliphatic heterocycles. The van der Waals surface area contributed by atoms with Gasteiger partial charge in [-0.25, -0.2) is 4.98 Å². The minimum atomic E-state index is -0.221. The van der Waals surface area contributed by atoms with Gasteiger partial charge in [0.1, 0.15) is 5.82 Å². The third kappa shape index (κ3) is 3.43. The van der Waals surface area contributed by atoms with Crippen molar-refractivity contribution in [2.75, 3.05) is 13.1 Å². The van der Waals surface area contributed by atoms with E-state index in [0.29, 0.717) is 12.1 Å². The smallest absolute Gasteiger partial charge is 0.251 e. The number of aromatic nitrogens is 2. The Balaban J connectivity index is 1.45. The van der Waals surface area contributed by atoms with Crippen molar-refractivity contribution in [2.45, 2.75) is 25.8 Å². The van der Waals surface area contributed by atoms with Gasteiger partial charge in [-0.1, -0.05) is 30.3 Å². The molecular formula is C21H22N4O2. The van der Waals surface area contributed by atoms with E-state index in [0.717, 1.165) is 35.3 Å². The number of nitrogens with zero attached hydrogens (tertiary/aromatic N) is 2. The number of carbonyl (C=O) groups excluding carboxylic acids is 2. The Kier molecular flexibility index (Phi) is 4.62. The van der Waals surface area contributed by atoms with Crippen LogP contribution in [0.1, 0.15) is 40.6 Å². The van der Waals surface area contributed by atoms with E-state index >= 15 is 0 Å². The van der Waals surface area contributed by atoms with Gasteiger partial charge in [0, 0.05) is 12.1 Å². The highest BCUT2D eigenvalue weighted by Crippen LogP contribution is 2.31. The van der Waals surface area contributed by atoms with Crippen LogP contribution in [0.3, 0.4) is 0 Å². The van der Waals surface area contributed by atoms with Gasteiger partial charge < -0.3 is 15.2 Å². The van der Waals surface area contributed by atoms with E-state index in [9.17, 15) is 9.59 Å². The summed E-state index contributed by atoms with van der Waals surface area (Å²) in [7, 11) is 0. The zero-order valence-corrected chi connectivity index (χ0v) is 15.2. The quantitative estimate of drug-likeness (QED) is 0.749. The number of hydrogen-bond donors (Lipinski definition) is 2. The van der Waals surface area contributed by atoms with Crippen molar-refractivity contribution in [3.05, 3.63) is 65.5 Å². The maximum atomic E-state index is 12.7. The highest BCUT2D eigenvalue weighted by atomic mass is 16.2. The molecular weight excluding hydrogens is 340 g/mol. The number of amides is 2. The fourth-order valence-electron chi connectivity index (χ4n) is 3.66. The molecule has 138 valence electrons. The first-order valence-electron chi connectivity index (χ1n) is 9.21. The number of rotatable bonds is 4. The van der Waals surface area contributed by atoms with Gasteiger partial charge in [0.25, 0.3) is 5.91 Å². The zero-order valence-electron chi connectivity index (χ0n) is 15.2. The number of benzene rings is 2. The molecule has 0 spiro atoms. The van der Waals surface area contributed by atoms with Crippen molar-refractivity contribution in [3.8, 4) is 0 Å². The lowest BCUT2D eigenvalue weighted by molar-refractivity contribution is -0.131. The van der Waals surface area contributed by atoms with Crippen LogP contribution in [0, 0.1) is 6.92 Å². The summed E-state index contributed by atoms with van der Waals surface area (Å²) in [6.07, 6.45) is 1.80. The standard InChI is InChI=1S/C21H22N4O2/c1-14-7-2-3-8-15(14)21(27)22-13-19(26)25-12-6-11-18(25)20-23-16-9-4-5-10-17(16)24-20/h2-5,7-10,18H,6,11-13H2,1H3,(H,22,27)(H,23,24). The Morgan fingerprint density at radius 2 is 1.96 bits per heavy atom. The predicted octanol–water partition coefficient (Wildman–Crippen LogP) is 2.96. The first-order chi connectivity index (χ1) is 13.1. The molecule has 2 aromatic carbocycles. The van der Waals surface area contributed by atoms with Gasteiger partial charge in [0.05, 0.1) is 23.6 Å². The van der Waals surface area contributed by atoms with Crippen LogP contribution in [0.5, 0.6) is 0 Å². The highest BCUT2D eigenvalue weighted by Gasteiger charge is 2.32. The Morgan fingerprint density at radius 1 is 1.19 bits per heavy atom. The normalized spacial score (nSPS) is 16.6. The van der Waals surface area contributed by atoms with Crippen molar-refractivity contribution in [3.63, 3.8) is 0 Å². The molecule has 1 aliphatic rings. The maximum Gasteiger partial charge on any atom is 0.251 e. The van der Waals surface area contributed by atoms with Gasteiger partial charge in [0.15, 0.2) is 0 Å². The molecule has 0 radical (unpaired) electrons. The van der Waals surface area contributed by atoms with E-state index in [-0.39, 0.29) is 24.4 Å². The molecule has 4 rings (SSSR count). The van der Waals surface area contributed by atoms with E-state index in [1.54, 1.807) is 6.07 Å². The number of H-pyrrole nitrogens is 1. The molecule has 6 nitrogen and oxygen atoms in total. The van der Waals surface area contributed by atoms with Crippen LogP contribution in [0.2, 0.25) is 0 Å². The lowest BCUT2D eigenvalue weighted by atomic mass is 10.1. The largest absolute Gasteiger partial charge is 0.343 e. The number of para-hydroxylation sites is 2. The molecule has 1 unspecified atom stereocenters. The molecule has 1 saturated heterocycles. The van der Waals surface area contributed by atoms with Crippen LogP contribution in [0.4, 0.5) is 0 Å². The third-order valence-electron chi connectivity index (χ3n) is 5.09. The molecule has 2 N–H and O–H groups in total. The van der Waals surface area contributed by atoms with Gasteiger partial charge in [0.2, 0.25) is 5.91 Å². The van der Waals surface area contributed by atoms with Crippen molar-refractivity contribution >= 4 is 22.8 Å². The number of carbonyl (C=O) groups is 2. The molecule has 0 saturated carbocycles. The van der Waals surface area contributed by atoms with Crippen molar-refractivity contribution < 1.29 is 9.59 Å². The Hall–Kier alpha value is -3.15. The fourth-order valence-corrected chi connectivity index (χ4v) is 3.66. The summed E-state index contributed by atoms with van der Waals surface area (Å²) >= 11 is 0. The minimum absolute atomic E-state index is 0.0100. The fraction of sp³-hybridized carbons (Fsp3) is 0.286. The number of fused-ring (bicyclic) bond motifs is 1. The molecule has 2 amide bonds. The van der Waals surface area contributed by atoms with E-state index in [2.05, 4.69) is 15.3 Å². The minimum Gasteiger partial charge on any atom is -0.343 e. The van der Waals surface area contributed by atoms with Crippen molar-refractivity contribution in [2.24, 2.45) is 0 Å². The molecule has 1 atom stereocenters. The highest BCUT2D eigenvalue weighted by molar-refractivity contribution is 5.97. The topological polar surface area (TPSA) is 78.1 Å². The third-order valence-corrected chi connectivity index (χ3v) is 5.09. The molecule has 2 heterocycles. The van der Waals surface area contributed by atoms with Crippen molar-refractivity contribution in [1.82, 2.24) is 20.2 Å². The molecule has 6 heteroatoms. The molecule has 0 aliphatic carbocycles. The van der Waals surface area contributed by atoms with Crippen LogP contribution in [0.15, 0.2) is 48.5 Å². The SMILES string of the molecule is Cc1ccccc1C(=O)NCC(=O)N1CCCC1c1nc2ccccc2[nH]1. The Bertz CT molecular complexity index is 962. The van der Waals surface area contributed by atoms with Gasteiger partial charge in [-0.3, -0.25) is 9.59 Å². The van der Waals surface area contributed by atoms with Crippen LogP contribution < -0.4 is 5.32 Å². The molecule has 3 aromatic rings. The summed E-state index contributed by atoms with van der Waals surface area (Å²) in [6.45, 7) is 2.56. The summed E-state index contributed by atoms with van der Waals surface area (Å²) in [6, 6.07) is 15.1.